The zero-order chi connectivity index (χ0) is 13.7. The van der Waals surface area contributed by atoms with E-state index < -0.39 is 0 Å². The van der Waals surface area contributed by atoms with Crippen LogP contribution in [-0.2, 0) is 14.3 Å². The number of carbonyl (C=O) groups excluding carboxylic acids is 1. The lowest BCUT2D eigenvalue weighted by atomic mass is 9.92. The van der Waals surface area contributed by atoms with Crippen molar-refractivity contribution in [1.29, 1.82) is 0 Å². The molecule has 2 rings (SSSR count). The van der Waals surface area contributed by atoms with Crippen LogP contribution in [0.25, 0.3) is 0 Å². The van der Waals surface area contributed by atoms with Crippen molar-refractivity contribution in [2.75, 3.05) is 40.0 Å². The van der Waals surface area contributed by atoms with Gasteiger partial charge in [0.1, 0.15) is 0 Å². The van der Waals surface area contributed by atoms with Gasteiger partial charge in [0.05, 0.1) is 12.1 Å². The van der Waals surface area contributed by atoms with Gasteiger partial charge in [-0.2, -0.15) is 0 Å². The van der Waals surface area contributed by atoms with Gasteiger partial charge in [0.15, 0.2) is 0 Å². The fourth-order valence-electron chi connectivity index (χ4n) is 3.16. The van der Waals surface area contributed by atoms with Crippen LogP contribution in [0.1, 0.15) is 26.2 Å². The highest BCUT2D eigenvalue weighted by Crippen LogP contribution is 2.23. The lowest BCUT2D eigenvalue weighted by molar-refractivity contribution is -0.130. The zero-order valence-electron chi connectivity index (χ0n) is 12.1. The first-order valence-electron chi connectivity index (χ1n) is 7.38. The highest BCUT2D eigenvalue weighted by molar-refractivity contribution is 5.82. The number of amides is 1. The molecule has 2 unspecified atom stereocenters. The van der Waals surface area contributed by atoms with Crippen LogP contribution in [0.2, 0.25) is 0 Å². The summed E-state index contributed by atoms with van der Waals surface area (Å²) in [6.07, 6.45) is 3.20. The highest BCUT2D eigenvalue weighted by Gasteiger charge is 2.32. The predicted molar refractivity (Wildman–Crippen MR) is 73.0 cm³/mol. The summed E-state index contributed by atoms with van der Waals surface area (Å²) in [5.74, 6) is 0.719. The van der Waals surface area contributed by atoms with E-state index in [1.54, 1.807) is 7.11 Å². The van der Waals surface area contributed by atoms with Crippen LogP contribution in [0.3, 0.4) is 0 Å². The number of piperazine rings is 1. The molecule has 5 heteroatoms. The van der Waals surface area contributed by atoms with Crippen molar-refractivity contribution in [2.45, 2.75) is 38.3 Å². The van der Waals surface area contributed by atoms with Crippen LogP contribution in [0.4, 0.5) is 0 Å². The maximum atomic E-state index is 11.9. The summed E-state index contributed by atoms with van der Waals surface area (Å²) in [7, 11) is 1.78. The Hall–Kier alpha value is -0.650. The van der Waals surface area contributed by atoms with Crippen molar-refractivity contribution in [2.24, 2.45) is 5.92 Å². The van der Waals surface area contributed by atoms with Gasteiger partial charge in [0.25, 0.3) is 0 Å². The summed E-state index contributed by atoms with van der Waals surface area (Å²) >= 11 is 0. The number of nitrogens with zero attached hydrogens (tertiary/aromatic N) is 1. The van der Waals surface area contributed by atoms with E-state index in [1.807, 2.05) is 0 Å². The van der Waals surface area contributed by atoms with Crippen LogP contribution in [-0.4, -0.2) is 62.9 Å². The zero-order valence-corrected chi connectivity index (χ0v) is 12.1. The number of nitrogens with one attached hydrogen (secondary N) is 1. The van der Waals surface area contributed by atoms with Gasteiger partial charge >= 0.3 is 0 Å². The van der Waals surface area contributed by atoms with Gasteiger partial charge in [-0.1, -0.05) is 6.92 Å². The maximum absolute atomic E-state index is 11.9. The molecule has 5 nitrogen and oxygen atoms in total. The van der Waals surface area contributed by atoms with Crippen LogP contribution in [0.15, 0.2) is 0 Å². The summed E-state index contributed by atoms with van der Waals surface area (Å²) in [6.45, 7) is 6.27. The fourth-order valence-corrected chi connectivity index (χ4v) is 3.16. The quantitative estimate of drug-likeness (QED) is 0.796. The third-order valence-electron chi connectivity index (χ3n) is 4.34. The van der Waals surface area contributed by atoms with Crippen molar-refractivity contribution in [3.05, 3.63) is 0 Å². The Kier molecular flexibility index (Phi) is 5.60. The molecule has 19 heavy (non-hydrogen) atoms. The van der Waals surface area contributed by atoms with Crippen molar-refractivity contribution in [3.8, 4) is 0 Å². The van der Waals surface area contributed by atoms with E-state index in [2.05, 4.69) is 17.1 Å². The second-order valence-electron chi connectivity index (χ2n) is 5.43. The third-order valence-corrected chi connectivity index (χ3v) is 4.34. The smallest absolute Gasteiger partial charge is 0.237 e. The molecular weight excluding hydrogens is 244 g/mol. The van der Waals surface area contributed by atoms with Gasteiger partial charge in [0, 0.05) is 40.0 Å². The topological polar surface area (TPSA) is 50.8 Å². The van der Waals surface area contributed by atoms with Gasteiger partial charge in [0.2, 0.25) is 5.91 Å². The van der Waals surface area contributed by atoms with Crippen LogP contribution >= 0.6 is 0 Å². The second-order valence-corrected chi connectivity index (χ2v) is 5.43. The van der Waals surface area contributed by atoms with Gasteiger partial charge in [-0.05, 0) is 25.2 Å². The molecule has 2 aliphatic heterocycles. The fraction of sp³-hybridized carbons (Fsp3) is 0.929. The van der Waals surface area contributed by atoms with Crippen molar-refractivity contribution in [3.63, 3.8) is 0 Å². The average molecular weight is 270 g/mol. The molecule has 1 amide bonds. The molecule has 110 valence electrons. The molecule has 0 aromatic rings. The van der Waals surface area contributed by atoms with Crippen molar-refractivity contribution >= 4 is 5.91 Å². The average Bonchev–Trinajstić information content (AvgIpc) is 2.46. The lowest BCUT2D eigenvalue weighted by Gasteiger charge is -2.39. The number of carbonyl (C=O) groups is 1. The Morgan fingerprint density at radius 1 is 1.47 bits per heavy atom. The van der Waals surface area contributed by atoms with Crippen LogP contribution < -0.4 is 5.32 Å². The Morgan fingerprint density at radius 2 is 2.21 bits per heavy atom. The molecule has 2 fully saturated rings. The minimum Gasteiger partial charge on any atom is -0.381 e. The molecule has 0 spiro atoms. The largest absolute Gasteiger partial charge is 0.381 e. The van der Waals surface area contributed by atoms with E-state index in [-0.39, 0.29) is 18.1 Å². The predicted octanol–water partition coefficient (Wildman–Crippen LogP) is 0.638. The van der Waals surface area contributed by atoms with E-state index in [0.717, 1.165) is 52.1 Å². The minimum atomic E-state index is 0.00578. The normalized spacial score (nSPS) is 28.1. The highest BCUT2D eigenvalue weighted by atomic mass is 16.5. The molecule has 0 aromatic carbocycles. The monoisotopic (exact) mass is 270 g/mol. The molecule has 0 aliphatic carbocycles. The molecular formula is C14H26N2O3. The van der Waals surface area contributed by atoms with E-state index in [4.69, 9.17) is 9.47 Å². The van der Waals surface area contributed by atoms with Crippen LogP contribution in [0, 0.1) is 5.92 Å². The number of rotatable bonds is 5. The summed E-state index contributed by atoms with van der Waals surface area (Å²) < 4.78 is 11.1. The molecule has 2 atom stereocenters. The molecule has 2 heterocycles. The van der Waals surface area contributed by atoms with Crippen molar-refractivity contribution < 1.29 is 14.3 Å². The van der Waals surface area contributed by atoms with E-state index >= 15 is 0 Å². The Labute approximate surface area is 115 Å². The molecule has 0 bridgehead atoms. The third kappa shape index (κ3) is 3.68. The molecule has 0 saturated carbocycles. The first kappa shape index (κ1) is 14.8. The van der Waals surface area contributed by atoms with Gasteiger partial charge in [-0.25, -0.2) is 0 Å². The summed E-state index contributed by atoms with van der Waals surface area (Å²) in [4.78, 5) is 14.1. The molecule has 0 radical (unpaired) electrons. The lowest BCUT2D eigenvalue weighted by Crippen LogP contribution is -2.57. The number of ether oxygens (including phenoxy) is 2. The van der Waals surface area contributed by atoms with Crippen molar-refractivity contribution in [1.82, 2.24) is 10.2 Å². The number of methoxy groups -OCH3 is 1. The van der Waals surface area contributed by atoms with Gasteiger partial charge in [-0.3, -0.25) is 9.69 Å². The minimum absolute atomic E-state index is 0.00578. The standard InChI is InChI=1S/C14H26N2O3/c1-3-12-14(17)15-6-7-16(12)10-13(18-2)11-4-8-19-9-5-11/h11-13H,3-10H2,1-2H3,(H,15,17). The maximum Gasteiger partial charge on any atom is 0.237 e. The molecule has 0 aromatic heterocycles. The van der Waals surface area contributed by atoms with Gasteiger partial charge < -0.3 is 14.8 Å². The Bertz CT molecular complexity index is 292. The SMILES string of the molecule is CCC1C(=O)NCCN1CC(OC)C1CCOCC1. The van der Waals surface area contributed by atoms with Crippen LogP contribution in [0.5, 0.6) is 0 Å². The molecule has 2 aliphatic rings. The summed E-state index contributed by atoms with van der Waals surface area (Å²) in [5.41, 5.74) is 0. The molecule has 2 saturated heterocycles. The number of hydrogen-bond acceptors (Lipinski definition) is 4. The summed E-state index contributed by atoms with van der Waals surface area (Å²) in [5, 5.41) is 2.94. The van der Waals surface area contributed by atoms with E-state index in [9.17, 15) is 4.79 Å². The van der Waals surface area contributed by atoms with E-state index in [0.29, 0.717) is 5.92 Å². The Morgan fingerprint density at radius 3 is 2.84 bits per heavy atom. The summed E-state index contributed by atoms with van der Waals surface area (Å²) in [6, 6.07) is 0.00578. The first-order valence-corrected chi connectivity index (χ1v) is 7.38. The Balaban J connectivity index is 1.93. The van der Waals surface area contributed by atoms with Gasteiger partial charge in [-0.15, -0.1) is 0 Å². The number of hydrogen-bond donors (Lipinski definition) is 1. The molecule has 1 N–H and O–H groups in total. The van der Waals surface area contributed by atoms with E-state index in [1.165, 1.54) is 0 Å². The first-order chi connectivity index (χ1) is 9.26. The second kappa shape index (κ2) is 7.22.